The van der Waals surface area contributed by atoms with Crippen molar-refractivity contribution in [1.82, 2.24) is 10.6 Å². The fourth-order valence-corrected chi connectivity index (χ4v) is 1.88. The molecule has 1 heterocycles. The first-order valence-corrected chi connectivity index (χ1v) is 5.59. The van der Waals surface area contributed by atoms with Crippen LogP contribution in [-0.4, -0.2) is 19.0 Å². The lowest BCUT2D eigenvalue weighted by molar-refractivity contribution is -0.124. The number of benzene rings is 1. The normalized spacial score (nSPS) is 19.3. The van der Waals surface area contributed by atoms with Gasteiger partial charge in [-0.15, -0.1) is 0 Å². The summed E-state index contributed by atoms with van der Waals surface area (Å²) in [5, 5.41) is 5.70. The lowest BCUT2D eigenvalue weighted by atomic mass is 10.1. The maximum absolute atomic E-state index is 13.3. The number of hydrogen-bond acceptors (Lipinski definition) is 2. The number of halogens is 2. The number of amides is 1. The molecule has 0 aromatic heterocycles. The maximum atomic E-state index is 13.3. The van der Waals surface area contributed by atoms with E-state index in [-0.39, 0.29) is 23.9 Å². The third-order valence-electron chi connectivity index (χ3n) is 2.89. The number of hydrogen-bond donors (Lipinski definition) is 2. The number of rotatable bonds is 3. The summed E-state index contributed by atoms with van der Waals surface area (Å²) in [7, 11) is 0. The van der Waals surface area contributed by atoms with Gasteiger partial charge < -0.3 is 10.6 Å². The van der Waals surface area contributed by atoms with E-state index in [1.54, 1.807) is 0 Å². The second kappa shape index (κ2) is 5.23. The Morgan fingerprint density at radius 1 is 1.47 bits per heavy atom. The van der Waals surface area contributed by atoms with Crippen molar-refractivity contribution in [3.05, 3.63) is 35.4 Å². The van der Waals surface area contributed by atoms with Gasteiger partial charge >= 0.3 is 0 Å². The van der Waals surface area contributed by atoms with Gasteiger partial charge in [-0.1, -0.05) is 0 Å². The van der Waals surface area contributed by atoms with E-state index in [2.05, 4.69) is 10.6 Å². The molecule has 1 aromatic rings. The number of carbonyl (C=O) groups is 1. The van der Waals surface area contributed by atoms with Crippen LogP contribution in [0.25, 0.3) is 0 Å². The predicted octanol–water partition coefficient (Wildman–Crippen LogP) is 1.19. The lowest BCUT2D eigenvalue weighted by Crippen LogP contribution is -2.31. The summed E-state index contributed by atoms with van der Waals surface area (Å²) in [4.78, 5) is 11.6. The van der Waals surface area contributed by atoms with Gasteiger partial charge in [-0.2, -0.15) is 0 Å². The van der Waals surface area contributed by atoms with Crippen LogP contribution in [0.4, 0.5) is 8.78 Å². The van der Waals surface area contributed by atoms with Crippen LogP contribution in [0.2, 0.25) is 0 Å². The highest BCUT2D eigenvalue weighted by Crippen LogP contribution is 2.11. The molecule has 1 unspecified atom stereocenters. The fourth-order valence-electron chi connectivity index (χ4n) is 1.88. The molecule has 1 aliphatic rings. The Morgan fingerprint density at radius 3 is 3.00 bits per heavy atom. The Morgan fingerprint density at radius 2 is 2.29 bits per heavy atom. The quantitative estimate of drug-likeness (QED) is 0.833. The van der Waals surface area contributed by atoms with Crippen LogP contribution in [0.1, 0.15) is 12.0 Å². The molecule has 0 spiro atoms. The fraction of sp³-hybridized carbons (Fsp3) is 0.417. The smallest absolute Gasteiger partial charge is 0.224 e. The van der Waals surface area contributed by atoms with Crippen molar-refractivity contribution < 1.29 is 13.6 Å². The van der Waals surface area contributed by atoms with E-state index in [0.29, 0.717) is 6.54 Å². The summed E-state index contributed by atoms with van der Waals surface area (Å²) in [6.07, 6.45) is 0.789. The highest BCUT2D eigenvalue weighted by atomic mass is 19.1. The summed E-state index contributed by atoms with van der Waals surface area (Å²) in [5.41, 5.74) is 0.171. The zero-order valence-corrected chi connectivity index (χ0v) is 9.30. The van der Waals surface area contributed by atoms with Crippen molar-refractivity contribution in [3.8, 4) is 0 Å². The molecule has 3 nitrogen and oxygen atoms in total. The molecular formula is C12H14F2N2O. The van der Waals surface area contributed by atoms with Crippen molar-refractivity contribution >= 4 is 5.91 Å². The Kier molecular flexibility index (Phi) is 3.68. The maximum Gasteiger partial charge on any atom is 0.224 e. The second-order valence-electron chi connectivity index (χ2n) is 4.14. The molecule has 0 radical (unpaired) electrons. The van der Waals surface area contributed by atoms with Crippen molar-refractivity contribution in [2.24, 2.45) is 5.92 Å². The minimum Gasteiger partial charge on any atom is -0.352 e. The molecule has 1 fully saturated rings. The van der Waals surface area contributed by atoms with Gasteiger partial charge in [-0.3, -0.25) is 4.79 Å². The van der Waals surface area contributed by atoms with Crippen LogP contribution in [0, 0.1) is 17.6 Å². The minimum atomic E-state index is -0.503. The molecule has 2 rings (SSSR count). The van der Waals surface area contributed by atoms with Crippen molar-refractivity contribution in [3.63, 3.8) is 0 Å². The summed E-state index contributed by atoms with van der Waals surface area (Å²) in [5.74, 6) is -1.18. The Hall–Kier alpha value is -1.49. The summed E-state index contributed by atoms with van der Waals surface area (Å²) in [6.45, 7) is 1.50. The average molecular weight is 240 g/mol. The largest absolute Gasteiger partial charge is 0.352 e. The Bertz CT molecular complexity index is 417. The van der Waals surface area contributed by atoms with E-state index in [9.17, 15) is 13.6 Å². The summed E-state index contributed by atoms with van der Waals surface area (Å²) < 4.78 is 26.2. The third kappa shape index (κ3) is 3.00. The molecule has 1 amide bonds. The van der Waals surface area contributed by atoms with E-state index in [1.807, 2.05) is 0 Å². The van der Waals surface area contributed by atoms with Crippen LogP contribution >= 0.6 is 0 Å². The molecule has 0 aliphatic carbocycles. The number of carbonyl (C=O) groups excluding carboxylic acids is 1. The van der Waals surface area contributed by atoms with Crippen molar-refractivity contribution in [2.45, 2.75) is 13.0 Å². The first-order chi connectivity index (χ1) is 8.16. The monoisotopic (exact) mass is 240 g/mol. The standard InChI is InChI=1S/C12H14F2N2O/c13-10-1-2-11(14)9(5-10)7-16-12(17)8-3-4-15-6-8/h1-2,5,8,15H,3-4,6-7H2,(H,16,17). The molecule has 1 aromatic carbocycles. The highest BCUT2D eigenvalue weighted by molar-refractivity contribution is 5.79. The zero-order chi connectivity index (χ0) is 12.3. The Labute approximate surface area is 98.2 Å². The SMILES string of the molecule is O=C(NCc1cc(F)ccc1F)C1CCNC1. The van der Waals surface area contributed by atoms with Gasteiger partial charge in [0.1, 0.15) is 11.6 Å². The van der Waals surface area contributed by atoms with Crippen molar-refractivity contribution in [1.29, 1.82) is 0 Å². The molecule has 0 bridgehead atoms. The molecular weight excluding hydrogens is 226 g/mol. The van der Waals surface area contributed by atoms with E-state index < -0.39 is 11.6 Å². The van der Waals surface area contributed by atoms with E-state index in [1.165, 1.54) is 0 Å². The zero-order valence-electron chi connectivity index (χ0n) is 9.30. The van der Waals surface area contributed by atoms with Gasteiger partial charge in [0, 0.05) is 18.7 Å². The molecule has 0 saturated carbocycles. The minimum absolute atomic E-state index is 0.0267. The van der Waals surface area contributed by atoms with Gasteiger partial charge in [0.15, 0.2) is 0 Å². The van der Waals surface area contributed by atoms with Gasteiger partial charge in [-0.05, 0) is 31.2 Å². The van der Waals surface area contributed by atoms with Crippen LogP contribution in [0.15, 0.2) is 18.2 Å². The van der Waals surface area contributed by atoms with Crippen LogP contribution < -0.4 is 10.6 Å². The van der Waals surface area contributed by atoms with Gasteiger partial charge in [-0.25, -0.2) is 8.78 Å². The average Bonchev–Trinajstić information content (AvgIpc) is 2.83. The molecule has 5 heteroatoms. The highest BCUT2D eigenvalue weighted by Gasteiger charge is 2.22. The van der Waals surface area contributed by atoms with E-state index in [0.717, 1.165) is 31.2 Å². The van der Waals surface area contributed by atoms with Crippen LogP contribution in [0.5, 0.6) is 0 Å². The summed E-state index contributed by atoms with van der Waals surface area (Å²) in [6, 6.07) is 3.22. The van der Waals surface area contributed by atoms with Gasteiger partial charge in [0.2, 0.25) is 5.91 Å². The first-order valence-electron chi connectivity index (χ1n) is 5.59. The van der Waals surface area contributed by atoms with Crippen LogP contribution in [0.3, 0.4) is 0 Å². The first kappa shape index (κ1) is 12.0. The molecule has 1 saturated heterocycles. The molecule has 1 atom stereocenters. The van der Waals surface area contributed by atoms with Gasteiger partial charge in [0.25, 0.3) is 0 Å². The Balaban J connectivity index is 1.92. The van der Waals surface area contributed by atoms with Crippen LogP contribution in [-0.2, 0) is 11.3 Å². The van der Waals surface area contributed by atoms with Crippen molar-refractivity contribution in [2.75, 3.05) is 13.1 Å². The van der Waals surface area contributed by atoms with E-state index >= 15 is 0 Å². The topological polar surface area (TPSA) is 41.1 Å². The molecule has 1 aliphatic heterocycles. The molecule has 2 N–H and O–H groups in total. The molecule has 17 heavy (non-hydrogen) atoms. The van der Waals surface area contributed by atoms with Gasteiger partial charge in [0.05, 0.1) is 5.92 Å². The lowest BCUT2D eigenvalue weighted by Gasteiger charge is -2.10. The predicted molar refractivity (Wildman–Crippen MR) is 59.2 cm³/mol. The third-order valence-corrected chi connectivity index (χ3v) is 2.89. The second-order valence-corrected chi connectivity index (χ2v) is 4.14. The number of nitrogens with one attached hydrogen (secondary N) is 2. The molecule has 92 valence electrons. The van der Waals surface area contributed by atoms with E-state index in [4.69, 9.17) is 0 Å². The summed E-state index contributed by atoms with van der Waals surface area (Å²) >= 11 is 0.